The van der Waals surface area contributed by atoms with E-state index in [2.05, 4.69) is 141 Å². The molecule has 2 aliphatic carbocycles. The summed E-state index contributed by atoms with van der Waals surface area (Å²) >= 11 is 0. The molecule has 2 heteroatoms. The molecule has 0 fully saturated rings. The molecule has 1 atom stereocenters. The second kappa shape index (κ2) is 8.88. The van der Waals surface area contributed by atoms with Gasteiger partial charge in [-0.2, -0.15) is 0 Å². The summed E-state index contributed by atoms with van der Waals surface area (Å²) in [6.07, 6.45) is 7.86. The summed E-state index contributed by atoms with van der Waals surface area (Å²) in [4.78, 5) is 0. The van der Waals surface area contributed by atoms with Crippen LogP contribution in [0.5, 0.6) is 0 Å². The first-order chi connectivity index (χ1) is 18.9. The zero-order chi connectivity index (χ0) is 26.7. The van der Waals surface area contributed by atoms with Crippen molar-refractivity contribution in [1.29, 1.82) is 0 Å². The van der Waals surface area contributed by atoms with Crippen LogP contribution >= 0.6 is 0 Å². The van der Waals surface area contributed by atoms with Gasteiger partial charge in [0.25, 0.3) is 0 Å². The molecule has 1 unspecified atom stereocenters. The fourth-order valence-electron chi connectivity index (χ4n) is 6.46. The maximum atomic E-state index is 3.97. The minimum atomic E-state index is -0.0574. The van der Waals surface area contributed by atoms with Crippen LogP contribution in [0, 0.1) is 6.92 Å². The highest BCUT2D eigenvalue weighted by Gasteiger charge is 2.36. The van der Waals surface area contributed by atoms with Gasteiger partial charge in [-0.3, -0.25) is 0 Å². The maximum absolute atomic E-state index is 3.97. The van der Waals surface area contributed by atoms with Crippen LogP contribution in [0.4, 0.5) is 17.1 Å². The lowest BCUT2D eigenvalue weighted by atomic mass is 9.81. The molecule has 5 aromatic carbocycles. The van der Waals surface area contributed by atoms with E-state index in [0.717, 1.165) is 17.8 Å². The topological polar surface area (TPSA) is 24.1 Å². The molecule has 0 bridgehead atoms. The normalized spacial score (nSPS) is 17.1. The fourth-order valence-corrected chi connectivity index (χ4v) is 6.46. The van der Waals surface area contributed by atoms with Gasteiger partial charge in [0, 0.05) is 38.7 Å². The molecule has 0 heterocycles. The average molecular weight is 507 g/mol. The monoisotopic (exact) mass is 506 g/mol. The Kier molecular flexibility index (Phi) is 5.42. The molecule has 192 valence electrons. The fraction of sp³-hybridized carbons (Fsp3) is 0.189. The lowest BCUT2D eigenvalue weighted by molar-refractivity contribution is 0.661. The standard InChI is InChI=1S/C37H34N2/c1-23-13-17-25(18-14-23)38-35-28-10-5-6-11-29(28)36(39-26-19-15-24(2)16-20-26)32-22-34-30(21-31(32)35)27-9-7-8-12-33(27)37(34,3)4/h5-19,21-22,26,38-39H,20H2,1-4H3. The average Bonchev–Trinajstić information content (AvgIpc) is 3.18. The van der Waals surface area contributed by atoms with E-state index in [9.17, 15) is 0 Å². The number of hydrogen-bond donors (Lipinski definition) is 2. The van der Waals surface area contributed by atoms with E-state index >= 15 is 0 Å². The van der Waals surface area contributed by atoms with Crippen molar-refractivity contribution in [3.8, 4) is 11.1 Å². The minimum Gasteiger partial charge on any atom is -0.378 e. The Labute approximate surface area is 231 Å². The molecule has 0 radical (unpaired) electrons. The first-order valence-electron chi connectivity index (χ1n) is 14.0. The molecule has 39 heavy (non-hydrogen) atoms. The number of anilines is 3. The number of allylic oxidation sites excluding steroid dienone is 2. The van der Waals surface area contributed by atoms with Crippen molar-refractivity contribution >= 4 is 38.6 Å². The van der Waals surface area contributed by atoms with E-state index in [0.29, 0.717) is 0 Å². The van der Waals surface area contributed by atoms with Gasteiger partial charge in [-0.05, 0) is 66.8 Å². The molecule has 2 aliphatic rings. The largest absolute Gasteiger partial charge is 0.378 e. The molecule has 2 N–H and O–H groups in total. The molecule has 0 aliphatic heterocycles. The van der Waals surface area contributed by atoms with Crippen molar-refractivity contribution < 1.29 is 0 Å². The second-order valence-corrected chi connectivity index (χ2v) is 11.7. The number of aryl methyl sites for hydroxylation is 1. The molecule has 5 aromatic rings. The third kappa shape index (κ3) is 3.86. The highest BCUT2D eigenvalue weighted by Crippen LogP contribution is 2.52. The van der Waals surface area contributed by atoms with Crippen LogP contribution in [0.15, 0.2) is 109 Å². The zero-order valence-electron chi connectivity index (χ0n) is 23.1. The van der Waals surface area contributed by atoms with Crippen LogP contribution in [0.1, 0.15) is 43.9 Å². The Morgan fingerprint density at radius 3 is 2.13 bits per heavy atom. The summed E-state index contributed by atoms with van der Waals surface area (Å²) in [5, 5.41) is 12.8. The lowest BCUT2D eigenvalue weighted by Crippen LogP contribution is -2.19. The van der Waals surface area contributed by atoms with E-state index < -0.39 is 0 Å². The van der Waals surface area contributed by atoms with Crippen LogP contribution in [0.25, 0.3) is 32.7 Å². The molecule has 0 saturated heterocycles. The number of nitrogens with one attached hydrogen (secondary N) is 2. The summed E-state index contributed by atoms with van der Waals surface area (Å²) in [5.74, 6) is 0. The molecule has 7 rings (SSSR count). The maximum Gasteiger partial charge on any atom is 0.0545 e. The first-order valence-corrected chi connectivity index (χ1v) is 14.0. The summed E-state index contributed by atoms with van der Waals surface area (Å²) in [6, 6.07) is 31.6. The highest BCUT2D eigenvalue weighted by molar-refractivity contribution is 6.21. The van der Waals surface area contributed by atoms with Crippen molar-refractivity contribution in [1.82, 2.24) is 0 Å². The van der Waals surface area contributed by atoms with Crippen LogP contribution in [-0.4, -0.2) is 6.04 Å². The zero-order valence-corrected chi connectivity index (χ0v) is 23.1. The Bertz CT molecular complexity index is 1820. The summed E-state index contributed by atoms with van der Waals surface area (Å²) in [5.41, 5.74) is 11.5. The van der Waals surface area contributed by atoms with Crippen molar-refractivity contribution in [2.45, 2.75) is 45.6 Å². The number of benzene rings is 5. The number of rotatable bonds is 4. The highest BCUT2D eigenvalue weighted by atomic mass is 14.9. The van der Waals surface area contributed by atoms with Gasteiger partial charge in [0.15, 0.2) is 0 Å². The van der Waals surface area contributed by atoms with Gasteiger partial charge in [0.05, 0.1) is 11.4 Å². The van der Waals surface area contributed by atoms with Crippen LogP contribution in [0.2, 0.25) is 0 Å². The van der Waals surface area contributed by atoms with Crippen LogP contribution in [-0.2, 0) is 5.41 Å². The molecule has 0 spiro atoms. The quantitative estimate of drug-likeness (QED) is 0.187. The summed E-state index contributed by atoms with van der Waals surface area (Å²) in [7, 11) is 0. The molecular formula is C37H34N2. The Morgan fingerprint density at radius 2 is 1.38 bits per heavy atom. The number of hydrogen-bond acceptors (Lipinski definition) is 2. The summed E-state index contributed by atoms with van der Waals surface area (Å²) in [6.45, 7) is 9.03. The van der Waals surface area contributed by atoms with Gasteiger partial charge in [-0.1, -0.05) is 104 Å². The Morgan fingerprint density at radius 1 is 0.692 bits per heavy atom. The van der Waals surface area contributed by atoms with Gasteiger partial charge in [-0.25, -0.2) is 0 Å². The van der Waals surface area contributed by atoms with Crippen molar-refractivity contribution in [3.63, 3.8) is 0 Å². The van der Waals surface area contributed by atoms with E-state index in [1.807, 2.05) is 0 Å². The molecule has 2 nitrogen and oxygen atoms in total. The van der Waals surface area contributed by atoms with Crippen LogP contribution < -0.4 is 10.6 Å². The van der Waals surface area contributed by atoms with Crippen LogP contribution in [0.3, 0.4) is 0 Å². The number of fused-ring (bicyclic) bond motifs is 5. The SMILES string of the molecule is CC1=CCC(Nc2c3ccccc3c(Nc3ccc(C)cc3)c3cc4c(cc23)C(C)(C)c2ccccc2-4)C=C1. The van der Waals surface area contributed by atoms with E-state index in [4.69, 9.17) is 0 Å². The van der Waals surface area contributed by atoms with Gasteiger partial charge in [0.1, 0.15) is 0 Å². The molecule has 0 aromatic heterocycles. The predicted molar refractivity (Wildman–Crippen MR) is 168 cm³/mol. The molecule has 0 amide bonds. The Balaban J connectivity index is 1.53. The second-order valence-electron chi connectivity index (χ2n) is 11.7. The van der Waals surface area contributed by atoms with E-state index in [1.54, 1.807) is 0 Å². The van der Waals surface area contributed by atoms with Gasteiger partial charge in [-0.15, -0.1) is 0 Å². The van der Waals surface area contributed by atoms with Crippen molar-refractivity contribution in [3.05, 3.63) is 125 Å². The third-order valence-corrected chi connectivity index (χ3v) is 8.66. The first kappa shape index (κ1) is 23.8. The van der Waals surface area contributed by atoms with Gasteiger partial charge < -0.3 is 10.6 Å². The van der Waals surface area contributed by atoms with Gasteiger partial charge in [0.2, 0.25) is 0 Å². The molecule has 0 saturated carbocycles. The minimum absolute atomic E-state index is 0.0574. The molecular weight excluding hydrogens is 472 g/mol. The predicted octanol–water partition coefficient (Wildman–Crippen LogP) is 10.0. The van der Waals surface area contributed by atoms with E-state index in [1.165, 1.54) is 60.6 Å². The summed E-state index contributed by atoms with van der Waals surface area (Å²) < 4.78 is 0. The smallest absolute Gasteiger partial charge is 0.0545 e. The third-order valence-electron chi connectivity index (χ3n) is 8.66. The van der Waals surface area contributed by atoms with Gasteiger partial charge >= 0.3 is 0 Å². The van der Waals surface area contributed by atoms with E-state index in [-0.39, 0.29) is 11.5 Å². The lowest BCUT2D eigenvalue weighted by Gasteiger charge is -2.26. The van der Waals surface area contributed by atoms with Crippen molar-refractivity contribution in [2.24, 2.45) is 0 Å². The van der Waals surface area contributed by atoms with Crippen molar-refractivity contribution in [2.75, 3.05) is 10.6 Å². The Hall–Kier alpha value is -4.30.